The normalized spacial score (nSPS) is 4.00. The molecule has 0 unspecified atom stereocenters. The van der Waals surface area contributed by atoms with E-state index in [9.17, 15) is 0 Å². The molecule has 80 valence electrons. The van der Waals surface area contributed by atoms with Crippen molar-refractivity contribution in [3.05, 3.63) is 20.2 Å². The number of nitrogens with zero attached hydrogens (tertiary/aromatic N) is 2. The van der Waals surface area contributed by atoms with E-state index in [2.05, 4.69) is 0 Å². The van der Waals surface area contributed by atoms with Gasteiger partial charge < -0.3 is 33.7 Å². The van der Waals surface area contributed by atoms with Gasteiger partial charge in [-0.05, 0) is 0 Å². The molecule has 0 radical (unpaired) electrons. The molecule has 12 heavy (non-hydrogen) atoms. The van der Waals surface area contributed by atoms with Crippen LogP contribution in [0.25, 0.3) is 0 Å². The van der Waals surface area contributed by atoms with Crippen molar-refractivity contribution >= 4 is 0 Å². The van der Waals surface area contributed by atoms with Crippen LogP contribution in [0, 0.1) is 20.2 Å². The Hall–Kier alpha value is -1.76. The fourth-order valence-electron chi connectivity index (χ4n) is 0. The molecule has 0 aromatic heterocycles. The summed E-state index contributed by atoms with van der Waals surface area (Å²) in [4.78, 5) is 16.7. The van der Waals surface area contributed by atoms with E-state index in [-0.39, 0.29) is 23.3 Å². The zero-order valence-electron chi connectivity index (χ0n) is 5.84. The summed E-state index contributed by atoms with van der Waals surface area (Å²) in [7, 11) is 0. The molecule has 12 heteroatoms. The molecule has 0 fully saturated rings. The summed E-state index contributed by atoms with van der Waals surface area (Å²) in [6.07, 6.45) is 0. The van der Waals surface area contributed by atoms with Crippen molar-refractivity contribution in [3.63, 3.8) is 0 Å². The highest BCUT2D eigenvalue weighted by molar-refractivity contribution is 3.83. The van der Waals surface area contributed by atoms with Crippen molar-refractivity contribution in [2.75, 3.05) is 0 Å². The van der Waals surface area contributed by atoms with Crippen LogP contribution in [0.1, 0.15) is 0 Å². The van der Waals surface area contributed by atoms with Gasteiger partial charge >= 0.3 is 0 Å². The van der Waals surface area contributed by atoms with Crippen molar-refractivity contribution in [3.8, 4) is 0 Å². The Morgan fingerprint density at radius 1 is 0.833 bits per heavy atom. The molecular formula is H12N4O8. The van der Waals surface area contributed by atoms with E-state index >= 15 is 0 Å². The van der Waals surface area contributed by atoms with Crippen molar-refractivity contribution in [2.45, 2.75) is 0 Å². The maximum atomic E-state index is 8.36. The lowest BCUT2D eigenvalue weighted by atomic mass is 13.1. The van der Waals surface area contributed by atoms with Crippen molar-refractivity contribution in [1.82, 2.24) is 12.3 Å². The van der Waals surface area contributed by atoms with Crippen LogP contribution in [0.15, 0.2) is 0 Å². The Morgan fingerprint density at radius 3 is 0.833 bits per heavy atom. The van der Waals surface area contributed by atoms with E-state index in [4.69, 9.17) is 30.6 Å². The van der Waals surface area contributed by atoms with Crippen LogP contribution in [0.5, 0.6) is 0 Å². The van der Waals surface area contributed by atoms with E-state index in [0.29, 0.717) is 0 Å². The first kappa shape index (κ1) is 48.6. The maximum Gasteiger partial charge on any atom is 0.291 e. The molecule has 0 atom stereocenters. The van der Waals surface area contributed by atoms with E-state index in [1.54, 1.807) is 0 Å². The maximum absolute atomic E-state index is 8.36. The summed E-state index contributed by atoms with van der Waals surface area (Å²) in [5.41, 5.74) is 0. The molecule has 12 nitrogen and oxygen atoms in total. The summed E-state index contributed by atoms with van der Waals surface area (Å²) >= 11 is 0. The molecule has 0 aromatic rings. The SMILES string of the molecule is N.N.O.O.O=[N+]([O-])O.O=[N+]([O-])O. The molecule has 0 aliphatic heterocycles. The van der Waals surface area contributed by atoms with Gasteiger partial charge in [0.15, 0.2) is 0 Å². The van der Waals surface area contributed by atoms with Gasteiger partial charge in [0.1, 0.15) is 0 Å². The van der Waals surface area contributed by atoms with Gasteiger partial charge in [-0.3, -0.25) is 0 Å². The average Bonchev–Trinajstić information content (AvgIpc) is 1.25. The summed E-state index contributed by atoms with van der Waals surface area (Å²) < 4.78 is 0. The molecule has 0 aromatic carbocycles. The van der Waals surface area contributed by atoms with Crippen LogP contribution in [0.4, 0.5) is 0 Å². The van der Waals surface area contributed by atoms with Gasteiger partial charge in [-0.15, -0.1) is 20.2 Å². The predicted molar refractivity (Wildman–Crippen MR) is 34.8 cm³/mol. The second kappa shape index (κ2) is 34.9. The first-order valence-electron chi connectivity index (χ1n) is 1.13. The van der Waals surface area contributed by atoms with E-state index < -0.39 is 10.2 Å². The minimum Gasteiger partial charge on any atom is -0.412 e. The molecule has 0 saturated carbocycles. The van der Waals surface area contributed by atoms with Crippen molar-refractivity contribution in [1.29, 1.82) is 0 Å². The van der Waals surface area contributed by atoms with Gasteiger partial charge in [0.05, 0.1) is 0 Å². The molecule has 12 N–H and O–H groups in total. The largest absolute Gasteiger partial charge is 0.412 e. The van der Waals surface area contributed by atoms with Gasteiger partial charge in [-0.2, -0.15) is 0 Å². The van der Waals surface area contributed by atoms with Crippen LogP contribution in [0.2, 0.25) is 0 Å². The van der Waals surface area contributed by atoms with Gasteiger partial charge in [0, 0.05) is 0 Å². The zero-order chi connectivity index (χ0) is 7.15. The molecule has 0 aliphatic rings. The van der Waals surface area contributed by atoms with Gasteiger partial charge in [0.25, 0.3) is 10.2 Å². The highest BCUT2D eigenvalue weighted by Gasteiger charge is 1.65. The lowest BCUT2D eigenvalue weighted by Crippen LogP contribution is -1.81. The second-order valence-corrected chi connectivity index (χ2v) is 0.476. The van der Waals surface area contributed by atoms with Crippen LogP contribution >= 0.6 is 0 Å². The summed E-state index contributed by atoms with van der Waals surface area (Å²) in [5, 5.41) is 27.3. The molecule has 0 spiro atoms. The molecule has 0 amide bonds. The summed E-state index contributed by atoms with van der Waals surface area (Å²) in [6.45, 7) is 0. The molecule has 0 bridgehead atoms. The smallest absolute Gasteiger partial charge is 0.291 e. The van der Waals surface area contributed by atoms with Gasteiger partial charge in [-0.25, -0.2) is 0 Å². The summed E-state index contributed by atoms with van der Waals surface area (Å²) in [6, 6.07) is 0. The Morgan fingerprint density at radius 2 is 0.833 bits per heavy atom. The van der Waals surface area contributed by atoms with Gasteiger partial charge in [-0.1, -0.05) is 0 Å². The van der Waals surface area contributed by atoms with Crippen molar-refractivity contribution in [2.24, 2.45) is 0 Å². The fraction of sp³-hybridized carbons (Fsp3) is 0. The number of rotatable bonds is 0. The quantitative estimate of drug-likeness (QED) is 0.247. The lowest BCUT2D eigenvalue weighted by Gasteiger charge is -1.56. The third-order valence-corrected chi connectivity index (χ3v) is 0. The Kier molecular flexibility index (Phi) is 141. The second-order valence-electron chi connectivity index (χ2n) is 0.476. The molecule has 0 saturated heterocycles. The third-order valence-electron chi connectivity index (χ3n) is 0. The first-order valence-corrected chi connectivity index (χ1v) is 1.13. The molecule has 0 heterocycles. The van der Waals surface area contributed by atoms with E-state index in [1.165, 1.54) is 0 Å². The van der Waals surface area contributed by atoms with Crippen molar-refractivity contribution < 1.29 is 31.5 Å². The van der Waals surface area contributed by atoms with Crippen LogP contribution < -0.4 is 12.3 Å². The van der Waals surface area contributed by atoms with E-state index in [0.717, 1.165) is 0 Å². The minimum absolute atomic E-state index is 0. The predicted octanol–water partition coefficient (Wildman–Crippen LogP) is -2.02. The topological polar surface area (TPSA) is 260 Å². The first-order chi connectivity index (χ1) is 3.46. The van der Waals surface area contributed by atoms with E-state index in [1.807, 2.05) is 0 Å². The number of hydrogen-bond acceptors (Lipinski definition) is 6. The van der Waals surface area contributed by atoms with Crippen LogP contribution in [-0.2, 0) is 0 Å². The highest BCUT2D eigenvalue weighted by atomic mass is 16.9. The Bertz CT molecular complexity index is 69.1. The fourth-order valence-corrected chi connectivity index (χ4v) is 0. The standard InChI is InChI=1S/2HNO3.2H3N.2H2O/c2*2-1(3)4;;;;/h2*(H,2,3,4);2*1H3;2*1H2. The average molecular weight is 196 g/mol. The zero-order valence-corrected chi connectivity index (χ0v) is 5.84. The molecular weight excluding hydrogens is 184 g/mol. The van der Waals surface area contributed by atoms with Crippen LogP contribution in [-0.4, -0.2) is 31.5 Å². The highest BCUT2D eigenvalue weighted by Crippen LogP contribution is 1.38. The molecule has 0 aliphatic carbocycles. The van der Waals surface area contributed by atoms with Crippen LogP contribution in [0.3, 0.4) is 0 Å². The Balaban J connectivity index is -0.0000000112. The third kappa shape index (κ3) is 139. The minimum atomic E-state index is -1.50. The Labute approximate surface area is 65.4 Å². The number of hydrogen-bond donors (Lipinski definition) is 4. The monoisotopic (exact) mass is 196 g/mol. The summed E-state index contributed by atoms with van der Waals surface area (Å²) in [5.74, 6) is 0. The van der Waals surface area contributed by atoms with Gasteiger partial charge in [0.2, 0.25) is 0 Å². The lowest BCUT2D eigenvalue weighted by molar-refractivity contribution is -0.742. The molecule has 0 rings (SSSR count).